The highest BCUT2D eigenvalue weighted by Crippen LogP contribution is 2.39. The van der Waals surface area contributed by atoms with E-state index in [4.69, 9.17) is 50.5 Å². The average Bonchev–Trinajstić information content (AvgIpc) is 4.44. The van der Waals surface area contributed by atoms with E-state index >= 15 is 0 Å². The van der Waals surface area contributed by atoms with E-state index in [1.54, 1.807) is 14.2 Å². The maximum atomic E-state index is 9.39. The molecule has 9 rings (SSSR count). The topological polar surface area (TPSA) is 154 Å². The minimum absolute atomic E-state index is 0.137. The molecule has 7 heterocycles. The largest absolute Gasteiger partial charge is 0.497 e. The monoisotopic (exact) mass is 1160 g/mol. The van der Waals surface area contributed by atoms with Gasteiger partial charge in [0.15, 0.2) is 19.6 Å². The summed E-state index contributed by atoms with van der Waals surface area (Å²) in [4.78, 5) is 20.2. The lowest BCUT2D eigenvalue weighted by molar-refractivity contribution is 0.0908. The molecule has 0 spiro atoms. The first kappa shape index (κ1) is 60.4. The summed E-state index contributed by atoms with van der Waals surface area (Å²) in [7, 11) is 3.38. The lowest BCUT2D eigenvalue weighted by Gasteiger charge is -2.36. The van der Waals surface area contributed by atoms with Gasteiger partial charge in [0.1, 0.15) is 36.3 Å². The number of thiocarbonyl (C=S) groups is 1. The van der Waals surface area contributed by atoms with Crippen LogP contribution >= 0.6 is 12.2 Å². The molecule has 430 valence electrons. The Balaban J connectivity index is 0.000000214. The van der Waals surface area contributed by atoms with Crippen molar-refractivity contribution < 1.29 is 28.5 Å². The maximum absolute atomic E-state index is 9.39. The number of imidazole rings is 1. The highest BCUT2D eigenvalue weighted by molar-refractivity contribution is 7.80. The van der Waals surface area contributed by atoms with Gasteiger partial charge in [-0.05, 0) is 98.0 Å². The van der Waals surface area contributed by atoms with Crippen molar-refractivity contribution >= 4 is 91.3 Å². The van der Waals surface area contributed by atoms with Crippen molar-refractivity contribution in [1.29, 1.82) is 0 Å². The molecule has 0 fully saturated rings. The Labute approximate surface area is 480 Å². The summed E-state index contributed by atoms with van der Waals surface area (Å²) in [6.07, 6.45) is 12.9. The smallest absolute Gasteiger partial charge is 0.191 e. The standard InChI is InChI=1S/C33H51N5O3SSi2.C27H35N5O3Si/c1-33(2,3)44(9,10)41-15-11-12-31(42)34-20-24-21-35-32-28(36-24)19-30(38(32)23-40-16-17-43(6,7)8)27-22-37(4)29-14-13-25(39-5)18-26(27)29;1-30-17-22(21-13-20(34-2)8-9-23(21)30)24-14-25-27(31(24)18-35-11-12-36(3,4)5)29-16-19-15-28-26(32(19)25)7-6-10-33/h13-14,18-19,21-22H,11-12,15-17,20,23H2,1-10H3,(H,34,42);8-9,13-17,33H,6-7,10-12,18H2,1-5H3. The van der Waals surface area contributed by atoms with Crippen LogP contribution in [-0.4, -0.2) is 118 Å². The van der Waals surface area contributed by atoms with Crippen LogP contribution in [0.1, 0.15) is 51.6 Å². The van der Waals surface area contributed by atoms with Gasteiger partial charge in [-0.1, -0.05) is 72.3 Å². The van der Waals surface area contributed by atoms with Gasteiger partial charge in [0.2, 0.25) is 0 Å². The fourth-order valence-electron chi connectivity index (χ4n) is 9.52. The number of nitrogens with zero attached hydrogens (tertiary/aromatic N) is 9. The van der Waals surface area contributed by atoms with E-state index in [0.29, 0.717) is 32.8 Å². The number of nitrogens with one attached hydrogen (secondary N) is 1. The van der Waals surface area contributed by atoms with Crippen LogP contribution in [0.4, 0.5) is 0 Å². The van der Waals surface area contributed by atoms with Crippen LogP contribution in [-0.2, 0) is 54.4 Å². The zero-order valence-corrected chi connectivity index (χ0v) is 53.9. The molecule has 0 bridgehead atoms. The number of methoxy groups -OCH3 is 2. The van der Waals surface area contributed by atoms with Gasteiger partial charge in [-0.3, -0.25) is 13.5 Å². The zero-order valence-electron chi connectivity index (χ0n) is 50.1. The van der Waals surface area contributed by atoms with Crippen LogP contribution in [0.15, 0.2) is 79.5 Å². The van der Waals surface area contributed by atoms with Gasteiger partial charge in [0.05, 0.1) is 72.5 Å². The van der Waals surface area contributed by atoms with Gasteiger partial charge in [-0.15, -0.1) is 0 Å². The van der Waals surface area contributed by atoms with Crippen LogP contribution in [0.3, 0.4) is 0 Å². The van der Waals surface area contributed by atoms with Crippen LogP contribution in [0.25, 0.3) is 72.2 Å². The Bertz CT molecular complexity index is 3600. The highest BCUT2D eigenvalue weighted by Gasteiger charge is 2.37. The molecular weight excluding hydrogens is 1070 g/mol. The van der Waals surface area contributed by atoms with Crippen molar-refractivity contribution in [1.82, 2.24) is 47.9 Å². The minimum atomic E-state index is -1.74. The zero-order chi connectivity index (χ0) is 57.7. The van der Waals surface area contributed by atoms with Crippen molar-refractivity contribution in [3.63, 3.8) is 0 Å². The van der Waals surface area contributed by atoms with Crippen LogP contribution in [0.2, 0.25) is 69.5 Å². The number of hydrogen-bond acceptors (Lipinski definition) is 11. The quantitative estimate of drug-likeness (QED) is 0.0336. The number of aryl methyl sites for hydroxylation is 3. The number of rotatable bonds is 24. The molecule has 0 aliphatic rings. The maximum Gasteiger partial charge on any atom is 0.191 e. The summed E-state index contributed by atoms with van der Waals surface area (Å²) in [5.41, 5.74) is 11.8. The molecule has 0 amide bonds. The number of aliphatic hydroxyl groups is 1. The van der Waals surface area contributed by atoms with Crippen LogP contribution in [0, 0.1) is 0 Å². The molecule has 2 N–H and O–H groups in total. The van der Waals surface area contributed by atoms with Gasteiger partial charge < -0.3 is 42.9 Å². The molecule has 0 saturated heterocycles. The first-order chi connectivity index (χ1) is 37.9. The lowest BCUT2D eigenvalue weighted by Crippen LogP contribution is -2.41. The lowest BCUT2D eigenvalue weighted by atomic mass is 10.1. The molecule has 0 saturated carbocycles. The molecule has 0 unspecified atom stereocenters. The minimum Gasteiger partial charge on any atom is -0.497 e. The van der Waals surface area contributed by atoms with Crippen molar-refractivity contribution in [2.75, 3.05) is 40.6 Å². The van der Waals surface area contributed by atoms with E-state index < -0.39 is 24.5 Å². The number of fused-ring (bicyclic) bond motifs is 6. The van der Waals surface area contributed by atoms with Gasteiger partial charge in [-0.2, -0.15) is 0 Å². The van der Waals surface area contributed by atoms with Crippen molar-refractivity contribution in [2.24, 2.45) is 14.1 Å². The van der Waals surface area contributed by atoms with Crippen molar-refractivity contribution in [2.45, 2.75) is 136 Å². The third-order valence-corrected chi connectivity index (χ3v) is 23.6. The summed E-state index contributed by atoms with van der Waals surface area (Å²) >= 11 is 5.64. The summed E-state index contributed by atoms with van der Waals surface area (Å²) in [5, 5.41) is 15.2. The Morgan fingerprint density at radius 3 is 1.77 bits per heavy atom. The third-order valence-electron chi connectivity index (χ3n) is 15.3. The molecule has 0 aliphatic carbocycles. The molecule has 16 nitrogen and oxygen atoms in total. The second-order valence-corrected chi connectivity index (χ2v) is 41.5. The number of hydrogen-bond donors (Lipinski definition) is 2. The third kappa shape index (κ3) is 14.1. The number of aliphatic hydroxyl groups excluding tert-OH is 1. The molecule has 2 aromatic carbocycles. The molecule has 0 radical (unpaired) electrons. The highest BCUT2D eigenvalue weighted by atomic mass is 32.1. The number of ether oxygens (including phenoxy) is 4. The summed E-state index contributed by atoms with van der Waals surface area (Å²) in [5.74, 6) is 2.57. The van der Waals surface area contributed by atoms with E-state index in [-0.39, 0.29) is 11.6 Å². The second-order valence-electron chi connectivity index (χ2n) is 25.0. The Morgan fingerprint density at radius 1 is 0.675 bits per heavy atom. The van der Waals surface area contributed by atoms with Crippen LogP contribution in [0.5, 0.6) is 11.5 Å². The Morgan fingerprint density at radius 2 is 1.23 bits per heavy atom. The molecule has 0 aliphatic heterocycles. The molecule has 20 heteroatoms. The predicted molar refractivity (Wildman–Crippen MR) is 338 cm³/mol. The van der Waals surface area contributed by atoms with Gasteiger partial charge >= 0.3 is 0 Å². The summed E-state index contributed by atoms with van der Waals surface area (Å²) in [6, 6.07) is 18.9. The summed E-state index contributed by atoms with van der Waals surface area (Å²) in [6.45, 7) is 29.3. The SMILES string of the molecule is COc1ccc2c(c1)c(-c1cc3c(ncc4cnc(CCCO)n43)n1COCC[Si](C)(C)C)cn2C.COc1ccc2c(c1)c(-c1cc3nc(CNC(=S)CCCO[Si](C)(C)C(C)(C)C)cnc3n1COCC[Si](C)(C)C)cn2C. The number of aromatic nitrogens is 9. The van der Waals surface area contributed by atoms with Gasteiger partial charge in [0.25, 0.3) is 0 Å². The average molecular weight is 1160 g/mol. The van der Waals surface area contributed by atoms with Gasteiger partial charge in [-0.25, -0.2) is 19.9 Å². The van der Waals surface area contributed by atoms with E-state index in [9.17, 15) is 5.11 Å². The molecule has 0 atom stereocenters. The van der Waals surface area contributed by atoms with E-state index in [1.165, 1.54) is 0 Å². The Hall–Kier alpha value is -5.72. The molecule has 9 aromatic rings. The first-order valence-corrected chi connectivity index (χ1v) is 38.8. The molecule has 80 heavy (non-hydrogen) atoms. The van der Waals surface area contributed by atoms with E-state index in [0.717, 1.165) is 145 Å². The molecule has 7 aromatic heterocycles. The normalized spacial score (nSPS) is 12.6. The van der Waals surface area contributed by atoms with Gasteiger partial charge in [0, 0.05) is 108 Å². The first-order valence-electron chi connectivity index (χ1n) is 28.0. The van der Waals surface area contributed by atoms with Crippen molar-refractivity contribution in [3.8, 4) is 34.0 Å². The van der Waals surface area contributed by atoms with Crippen LogP contribution < -0.4 is 14.8 Å². The summed E-state index contributed by atoms with van der Waals surface area (Å²) < 4.78 is 40.7. The second kappa shape index (κ2) is 25.2. The fourth-order valence-corrected chi connectivity index (χ4v) is 12.3. The van der Waals surface area contributed by atoms with E-state index in [2.05, 4.69) is 169 Å². The number of benzene rings is 2. The predicted octanol–water partition coefficient (Wildman–Crippen LogP) is 13.2. The Kier molecular flexibility index (Phi) is 19.0. The van der Waals surface area contributed by atoms with Crippen molar-refractivity contribution in [3.05, 3.63) is 91.0 Å². The van der Waals surface area contributed by atoms with E-state index in [1.807, 2.05) is 30.7 Å². The molecular formula is C60H86N10O6SSi3. The fraction of sp³-hybridized carbons (Fsp3) is 0.483.